The highest BCUT2D eigenvalue weighted by molar-refractivity contribution is 5.85. The van der Waals surface area contributed by atoms with Gasteiger partial charge in [0.25, 0.3) is 0 Å². The van der Waals surface area contributed by atoms with E-state index in [1.54, 1.807) is 0 Å². The first-order valence-electron chi connectivity index (χ1n) is 6.22. The Morgan fingerprint density at radius 1 is 0.889 bits per heavy atom. The van der Waals surface area contributed by atoms with E-state index in [2.05, 4.69) is 55.5 Å². The monoisotopic (exact) mass is 261 g/mol. The number of hydrogen-bond acceptors (Lipinski definition) is 1. The molecule has 0 saturated heterocycles. The lowest BCUT2D eigenvalue weighted by Crippen LogP contribution is -2.09. The second-order valence-electron chi connectivity index (χ2n) is 4.38. The van der Waals surface area contributed by atoms with E-state index in [4.69, 9.17) is 5.73 Å². The topological polar surface area (TPSA) is 26.0 Å². The van der Waals surface area contributed by atoms with Crippen molar-refractivity contribution in [2.75, 3.05) is 0 Å². The van der Waals surface area contributed by atoms with Crippen molar-refractivity contribution in [1.29, 1.82) is 0 Å². The average molecular weight is 262 g/mol. The van der Waals surface area contributed by atoms with Crippen molar-refractivity contribution in [3.05, 3.63) is 60.2 Å². The molecule has 2 aromatic carbocycles. The molecule has 0 heterocycles. The lowest BCUT2D eigenvalue weighted by molar-refractivity contribution is 0.638. The first kappa shape index (κ1) is 14.7. The highest BCUT2D eigenvalue weighted by Crippen LogP contribution is 2.22. The largest absolute Gasteiger partial charge is 0.324 e. The van der Waals surface area contributed by atoms with Gasteiger partial charge in [-0.25, -0.2) is 0 Å². The molecule has 0 bridgehead atoms. The van der Waals surface area contributed by atoms with Crippen LogP contribution in [0.1, 0.15) is 31.4 Å². The minimum absolute atomic E-state index is 0. The molecule has 2 rings (SSSR count). The van der Waals surface area contributed by atoms with Gasteiger partial charge in [0.2, 0.25) is 0 Å². The van der Waals surface area contributed by atoms with E-state index < -0.39 is 0 Å². The van der Waals surface area contributed by atoms with Crippen LogP contribution in [0.5, 0.6) is 0 Å². The summed E-state index contributed by atoms with van der Waals surface area (Å²) in [6, 6.07) is 19.2. The SMILES string of the molecule is CCC[C@@H](N)c1ccc(-c2ccccc2)cc1.Cl. The number of nitrogens with two attached hydrogens (primary N) is 1. The molecule has 0 aliphatic heterocycles. The number of halogens is 1. The van der Waals surface area contributed by atoms with Crippen LogP contribution in [-0.4, -0.2) is 0 Å². The molecule has 0 aromatic heterocycles. The molecule has 0 aliphatic rings. The fourth-order valence-electron chi connectivity index (χ4n) is 2.03. The number of rotatable bonds is 4. The maximum absolute atomic E-state index is 6.09. The lowest BCUT2D eigenvalue weighted by Gasteiger charge is -2.11. The van der Waals surface area contributed by atoms with Gasteiger partial charge in [-0.2, -0.15) is 0 Å². The van der Waals surface area contributed by atoms with E-state index in [0.29, 0.717) is 0 Å². The first-order valence-corrected chi connectivity index (χ1v) is 6.22. The molecule has 0 spiro atoms. The summed E-state index contributed by atoms with van der Waals surface area (Å²) in [6.07, 6.45) is 2.17. The molecule has 0 saturated carbocycles. The summed E-state index contributed by atoms with van der Waals surface area (Å²) in [6.45, 7) is 2.16. The van der Waals surface area contributed by atoms with Crippen molar-refractivity contribution in [3.63, 3.8) is 0 Å². The van der Waals surface area contributed by atoms with Crippen LogP contribution >= 0.6 is 12.4 Å². The van der Waals surface area contributed by atoms with E-state index >= 15 is 0 Å². The normalized spacial score (nSPS) is 11.7. The van der Waals surface area contributed by atoms with Crippen LogP contribution < -0.4 is 5.73 Å². The van der Waals surface area contributed by atoms with Gasteiger partial charge in [-0.15, -0.1) is 12.4 Å². The summed E-state index contributed by atoms with van der Waals surface area (Å²) in [5, 5.41) is 0. The molecular weight excluding hydrogens is 242 g/mol. The molecule has 18 heavy (non-hydrogen) atoms. The number of benzene rings is 2. The van der Waals surface area contributed by atoms with Crippen molar-refractivity contribution in [2.24, 2.45) is 5.73 Å². The molecule has 96 valence electrons. The van der Waals surface area contributed by atoms with Crippen molar-refractivity contribution < 1.29 is 0 Å². The summed E-state index contributed by atoms with van der Waals surface area (Å²) in [7, 11) is 0. The first-order chi connectivity index (χ1) is 8.31. The fraction of sp³-hybridized carbons (Fsp3) is 0.250. The third-order valence-corrected chi connectivity index (χ3v) is 3.05. The predicted octanol–water partition coefficient (Wildman–Crippen LogP) is 4.58. The highest BCUT2D eigenvalue weighted by Gasteiger charge is 2.04. The Balaban J connectivity index is 0.00000162. The molecule has 1 nitrogen and oxygen atoms in total. The molecule has 0 aliphatic carbocycles. The van der Waals surface area contributed by atoms with Gasteiger partial charge in [-0.05, 0) is 23.1 Å². The van der Waals surface area contributed by atoms with Gasteiger partial charge < -0.3 is 5.73 Å². The van der Waals surface area contributed by atoms with Crippen LogP contribution in [0.2, 0.25) is 0 Å². The standard InChI is InChI=1S/C16H19N.ClH/c1-2-6-16(17)15-11-9-14(10-12-15)13-7-4-3-5-8-13;/h3-5,7-12,16H,2,6,17H2,1H3;1H/t16-;/m1./s1. The molecule has 2 aromatic rings. The summed E-state index contributed by atoms with van der Waals surface area (Å²) in [4.78, 5) is 0. The fourth-order valence-corrected chi connectivity index (χ4v) is 2.03. The molecule has 2 heteroatoms. The Labute approximate surface area is 115 Å². The van der Waals surface area contributed by atoms with Crippen LogP contribution in [0.15, 0.2) is 54.6 Å². The zero-order chi connectivity index (χ0) is 12.1. The number of hydrogen-bond donors (Lipinski definition) is 1. The molecule has 0 amide bonds. The second kappa shape index (κ2) is 7.20. The zero-order valence-corrected chi connectivity index (χ0v) is 11.5. The van der Waals surface area contributed by atoms with Crippen molar-refractivity contribution in [1.82, 2.24) is 0 Å². The minimum Gasteiger partial charge on any atom is -0.324 e. The predicted molar refractivity (Wildman–Crippen MR) is 81.0 cm³/mol. The Kier molecular flexibility index (Phi) is 5.90. The third kappa shape index (κ3) is 3.59. The van der Waals surface area contributed by atoms with Gasteiger partial charge in [0.15, 0.2) is 0 Å². The van der Waals surface area contributed by atoms with Crippen LogP contribution in [-0.2, 0) is 0 Å². The summed E-state index contributed by atoms with van der Waals surface area (Å²) in [5.74, 6) is 0. The summed E-state index contributed by atoms with van der Waals surface area (Å²) in [5.41, 5.74) is 9.82. The Bertz CT molecular complexity index is 450. The van der Waals surface area contributed by atoms with Gasteiger partial charge in [0, 0.05) is 6.04 Å². The third-order valence-electron chi connectivity index (χ3n) is 3.05. The molecule has 0 unspecified atom stereocenters. The van der Waals surface area contributed by atoms with Gasteiger partial charge in [-0.1, -0.05) is 67.9 Å². The molecule has 0 radical (unpaired) electrons. The minimum atomic E-state index is 0. The Hall–Kier alpha value is -1.31. The maximum Gasteiger partial charge on any atom is 0.0294 e. The van der Waals surface area contributed by atoms with E-state index in [1.165, 1.54) is 16.7 Å². The Morgan fingerprint density at radius 3 is 2.00 bits per heavy atom. The van der Waals surface area contributed by atoms with Crippen LogP contribution in [0.3, 0.4) is 0 Å². The van der Waals surface area contributed by atoms with Crippen LogP contribution in [0.25, 0.3) is 11.1 Å². The summed E-state index contributed by atoms with van der Waals surface area (Å²) >= 11 is 0. The van der Waals surface area contributed by atoms with Crippen LogP contribution in [0, 0.1) is 0 Å². The maximum atomic E-state index is 6.09. The zero-order valence-electron chi connectivity index (χ0n) is 10.7. The van der Waals surface area contributed by atoms with Crippen molar-refractivity contribution in [2.45, 2.75) is 25.8 Å². The second-order valence-corrected chi connectivity index (χ2v) is 4.38. The van der Waals surface area contributed by atoms with Gasteiger partial charge in [0.05, 0.1) is 0 Å². The van der Waals surface area contributed by atoms with Crippen LogP contribution in [0.4, 0.5) is 0 Å². The van der Waals surface area contributed by atoms with Gasteiger partial charge in [-0.3, -0.25) is 0 Å². The summed E-state index contributed by atoms with van der Waals surface area (Å²) < 4.78 is 0. The average Bonchev–Trinajstić information content (AvgIpc) is 2.40. The molecular formula is C16H20ClN. The highest BCUT2D eigenvalue weighted by atomic mass is 35.5. The van der Waals surface area contributed by atoms with E-state index in [0.717, 1.165) is 12.8 Å². The molecule has 0 fully saturated rings. The van der Waals surface area contributed by atoms with Gasteiger partial charge >= 0.3 is 0 Å². The molecule has 1 atom stereocenters. The van der Waals surface area contributed by atoms with E-state index in [-0.39, 0.29) is 18.4 Å². The molecule has 2 N–H and O–H groups in total. The van der Waals surface area contributed by atoms with E-state index in [1.807, 2.05) is 6.07 Å². The lowest BCUT2D eigenvalue weighted by atomic mass is 9.99. The van der Waals surface area contributed by atoms with Crippen molar-refractivity contribution in [3.8, 4) is 11.1 Å². The smallest absolute Gasteiger partial charge is 0.0294 e. The Morgan fingerprint density at radius 2 is 1.44 bits per heavy atom. The quantitative estimate of drug-likeness (QED) is 0.857. The van der Waals surface area contributed by atoms with E-state index in [9.17, 15) is 0 Å². The van der Waals surface area contributed by atoms with Gasteiger partial charge in [0.1, 0.15) is 0 Å². The van der Waals surface area contributed by atoms with Crippen molar-refractivity contribution >= 4 is 12.4 Å².